The van der Waals surface area contributed by atoms with Gasteiger partial charge in [0.25, 0.3) is 0 Å². The number of aromatic hydroxyl groups is 1. The largest absolute Gasteiger partial charge is 0.508 e. The number of rotatable bonds is 6. The number of imide groups is 2. The van der Waals surface area contributed by atoms with E-state index in [1.165, 1.54) is 46.2 Å². The number of hydrogen-bond donors (Lipinski definition) is 3. The van der Waals surface area contributed by atoms with Crippen LogP contribution in [0.4, 0.5) is 11.5 Å². The van der Waals surface area contributed by atoms with Gasteiger partial charge in [0.15, 0.2) is 0 Å². The summed E-state index contributed by atoms with van der Waals surface area (Å²) < 4.78 is 8.10. The second kappa shape index (κ2) is 12.9. The predicted molar refractivity (Wildman–Crippen MR) is 212 cm³/mol. The van der Waals surface area contributed by atoms with Crippen molar-refractivity contribution in [2.75, 3.05) is 16.9 Å². The third kappa shape index (κ3) is 5.09. The first-order valence-corrected chi connectivity index (χ1v) is 19.5. The van der Waals surface area contributed by atoms with E-state index in [2.05, 4.69) is 0 Å². The zero-order valence-corrected chi connectivity index (χ0v) is 32.3. The van der Waals surface area contributed by atoms with Gasteiger partial charge >= 0.3 is 7.12 Å². The molecule has 0 spiro atoms. The van der Waals surface area contributed by atoms with Gasteiger partial charge in [-0.15, -0.1) is 11.3 Å². The van der Waals surface area contributed by atoms with Crippen molar-refractivity contribution in [3.05, 3.63) is 94.5 Å². The fourth-order valence-electron chi connectivity index (χ4n) is 9.76. The summed E-state index contributed by atoms with van der Waals surface area (Å²) in [6.45, 7) is 3.73. The minimum atomic E-state index is -1.80. The lowest BCUT2D eigenvalue weighted by atomic mass is 9.51. The Hall–Kier alpha value is -5.28. The Morgan fingerprint density at radius 2 is 1.75 bits per heavy atom. The lowest BCUT2D eigenvalue weighted by Crippen LogP contribution is -2.49. The van der Waals surface area contributed by atoms with Crippen molar-refractivity contribution in [2.24, 2.45) is 36.1 Å². The maximum atomic E-state index is 15.1. The molecule has 3 aromatic carbocycles. The minimum absolute atomic E-state index is 0.101. The van der Waals surface area contributed by atoms with E-state index in [0.29, 0.717) is 27.6 Å². The molecule has 12 nitrogen and oxygen atoms in total. The van der Waals surface area contributed by atoms with Crippen LogP contribution in [0.2, 0.25) is 5.02 Å². The number of ether oxygens (including phenoxy) is 1. The molecule has 2 aliphatic carbocycles. The third-order valence-electron chi connectivity index (χ3n) is 12.5. The molecule has 0 bridgehead atoms. The highest BCUT2D eigenvalue weighted by atomic mass is 35.5. The molecule has 15 heteroatoms. The summed E-state index contributed by atoms with van der Waals surface area (Å²) in [4.78, 5) is 61.8. The molecule has 56 heavy (non-hydrogen) atoms. The average Bonchev–Trinajstić information content (AvgIpc) is 3.85. The predicted octanol–water partition coefficient (Wildman–Crippen LogP) is 5.09. The number of carbonyl (C=O) groups is 4. The van der Waals surface area contributed by atoms with E-state index < -0.39 is 65.8 Å². The molecule has 2 aromatic heterocycles. The van der Waals surface area contributed by atoms with Crippen molar-refractivity contribution >= 4 is 80.7 Å². The van der Waals surface area contributed by atoms with Crippen LogP contribution in [0.15, 0.2) is 78.4 Å². The number of allylic oxidation sites excluding steroid dienone is 2. The average molecular weight is 791 g/mol. The number of halogens is 1. The van der Waals surface area contributed by atoms with Gasteiger partial charge in [0, 0.05) is 34.3 Å². The van der Waals surface area contributed by atoms with Crippen molar-refractivity contribution in [3.63, 3.8) is 0 Å². The number of aryl methyl sites for hydroxylation is 2. The standard InChI is InChI=1S/C41H36BClN4O8S/c1-19-26-15-21(43)8-13-32(26)56-36(19)30-18-33(45(3)44-30)47-38(50)29-17-27-24(35(41(29,2)40(47)52)28-16-23(55-4)9-12-31(28)48)10-11-25-34(27)39(51)46(37(25)49)22-7-5-6-20(14-22)42(53)54/h5-10,12-16,18,25,27,29,34-35,48,53-54H,11,17H2,1-4H3/t25-,27+,29-,34-,35+,41+/m0/s1. The number of nitrogens with zero attached hydrogens (tertiary/aromatic N) is 4. The summed E-state index contributed by atoms with van der Waals surface area (Å²) in [7, 11) is 1.38. The van der Waals surface area contributed by atoms with E-state index in [4.69, 9.17) is 21.4 Å². The molecule has 0 unspecified atom stereocenters. The number of fused-ring (bicyclic) bond motifs is 5. The number of benzene rings is 3. The molecule has 5 aromatic rings. The van der Waals surface area contributed by atoms with Gasteiger partial charge in [0.2, 0.25) is 23.6 Å². The van der Waals surface area contributed by atoms with Crippen molar-refractivity contribution < 1.29 is 39.1 Å². The maximum absolute atomic E-state index is 15.1. The van der Waals surface area contributed by atoms with Crippen LogP contribution in [0.5, 0.6) is 11.5 Å². The van der Waals surface area contributed by atoms with Crippen LogP contribution in [-0.4, -0.2) is 62.8 Å². The highest BCUT2D eigenvalue weighted by Crippen LogP contribution is 2.64. The molecule has 4 amide bonds. The smallest absolute Gasteiger partial charge is 0.488 e. The Morgan fingerprint density at radius 1 is 0.964 bits per heavy atom. The Bertz CT molecular complexity index is 2580. The quantitative estimate of drug-likeness (QED) is 0.121. The molecular weight excluding hydrogens is 755 g/mol. The number of phenols is 1. The number of amides is 4. The summed E-state index contributed by atoms with van der Waals surface area (Å²) in [6.07, 6.45) is 2.20. The SMILES string of the molecule is COc1ccc(O)c([C@H]2C3=CC[C@@H]4C(=O)N(c5cccc(B(O)O)c5)C(=O)[C@@H]4[C@@H]3C[C@H]3C(=O)N(c4cc(-c5sc6ccc(Cl)cc6c5C)nn4C)C(=O)[C@@]23C)c1. The van der Waals surface area contributed by atoms with E-state index in [1.54, 1.807) is 44.3 Å². The van der Waals surface area contributed by atoms with Crippen molar-refractivity contribution in [3.8, 4) is 22.1 Å². The summed E-state index contributed by atoms with van der Waals surface area (Å²) in [5, 5.41) is 37.5. The number of methoxy groups -OCH3 is 1. The molecular formula is C41H36BClN4O8S. The summed E-state index contributed by atoms with van der Waals surface area (Å²) >= 11 is 7.85. The van der Waals surface area contributed by atoms with E-state index in [1.807, 2.05) is 31.2 Å². The van der Waals surface area contributed by atoms with Gasteiger partial charge in [-0.25, -0.2) is 4.90 Å². The van der Waals surface area contributed by atoms with Gasteiger partial charge < -0.3 is 19.9 Å². The van der Waals surface area contributed by atoms with Crippen LogP contribution in [0, 0.1) is 36.0 Å². The Morgan fingerprint density at radius 3 is 2.50 bits per heavy atom. The van der Waals surface area contributed by atoms with Crippen molar-refractivity contribution in [1.82, 2.24) is 9.78 Å². The first-order chi connectivity index (χ1) is 26.7. The molecule has 3 fully saturated rings. The number of aromatic nitrogens is 2. The van der Waals surface area contributed by atoms with Gasteiger partial charge in [-0.2, -0.15) is 5.10 Å². The molecule has 3 N–H and O–H groups in total. The lowest BCUT2D eigenvalue weighted by molar-refractivity contribution is -0.131. The normalized spacial score (nSPS) is 25.8. The van der Waals surface area contributed by atoms with E-state index >= 15 is 4.79 Å². The molecule has 284 valence electrons. The van der Waals surface area contributed by atoms with Crippen LogP contribution < -0.4 is 20.0 Å². The first kappa shape index (κ1) is 36.4. The number of phenolic OH excluding ortho intramolecular Hbond substituents is 1. The number of thiophene rings is 1. The molecule has 4 heterocycles. The Kier molecular flexibility index (Phi) is 8.37. The fourth-order valence-corrected chi connectivity index (χ4v) is 11.1. The van der Waals surface area contributed by atoms with Gasteiger partial charge in [0.1, 0.15) is 23.0 Å². The fraction of sp³-hybridized carbons (Fsp3) is 0.293. The Labute approximate surface area is 330 Å². The van der Waals surface area contributed by atoms with Crippen LogP contribution in [0.1, 0.15) is 36.8 Å². The molecule has 4 aliphatic rings. The summed E-state index contributed by atoms with van der Waals surface area (Å²) in [5.41, 5.74) is 1.56. The van der Waals surface area contributed by atoms with Crippen LogP contribution in [0.3, 0.4) is 0 Å². The number of hydrogen-bond acceptors (Lipinski definition) is 10. The van der Waals surface area contributed by atoms with Gasteiger partial charge in [-0.1, -0.05) is 35.4 Å². The van der Waals surface area contributed by atoms with Crippen LogP contribution in [0.25, 0.3) is 20.7 Å². The highest BCUT2D eigenvalue weighted by Gasteiger charge is 2.68. The van der Waals surface area contributed by atoms with Crippen LogP contribution >= 0.6 is 22.9 Å². The zero-order valence-electron chi connectivity index (χ0n) is 30.8. The molecule has 2 saturated heterocycles. The lowest BCUT2D eigenvalue weighted by Gasteiger charge is -2.49. The summed E-state index contributed by atoms with van der Waals surface area (Å²) in [5.74, 6) is -5.26. The van der Waals surface area contributed by atoms with Gasteiger partial charge in [-0.3, -0.25) is 28.8 Å². The molecule has 9 rings (SSSR count). The topological polar surface area (TPSA) is 162 Å². The maximum Gasteiger partial charge on any atom is 0.488 e. The zero-order chi connectivity index (χ0) is 39.5. The molecule has 1 saturated carbocycles. The minimum Gasteiger partial charge on any atom is -0.508 e. The van der Waals surface area contributed by atoms with Gasteiger partial charge in [-0.05, 0) is 97.6 Å². The molecule has 6 atom stereocenters. The molecule has 0 radical (unpaired) electrons. The van der Waals surface area contributed by atoms with E-state index in [9.17, 15) is 29.5 Å². The van der Waals surface area contributed by atoms with E-state index in [-0.39, 0.29) is 35.6 Å². The van der Waals surface area contributed by atoms with Crippen molar-refractivity contribution in [1.29, 1.82) is 0 Å². The number of carbonyl (C=O) groups excluding carboxylic acids is 4. The molecule has 2 aliphatic heterocycles. The van der Waals surface area contributed by atoms with Crippen LogP contribution in [-0.2, 0) is 26.2 Å². The second-order valence-corrected chi connectivity index (χ2v) is 16.8. The highest BCUT2D eigenvalue weighted by molar-refractivity contribution is 7.22. The Balaban J connectivity index is 1.16. The van der Waals surface area contributed by atoms with Crippen molar-refractivity contribution in [2.45, 2.75) is 32.6 Å². The third-order valence-corrected chi connectivity index (χ3v) is 14.0. The number of anilines is 2. The summed E-state index contributed by atoms with van der Waals surface area (Å²) in [6, 6.07) is 18.2. The van der Waals surface area contributed by atoms with E-state index in [0.717, 1.165) is 25.4 Å². The van der Waals surface area contributed by atoms with Gasteiger partial charge in [0.05, 0.1) is 40.8 Å². The second-order valence-electron chi connectivity index (χ2n) is 15.3. The first-order valence-electron chi connectivity index (χ1n) is 18.3. The monoisotopic (exact) mass is 790 g/mol.